The third-order valence-electron chi connectivity index (χ3n) is 3.40. The SMILES string of the molecule is CC(c1ccccc1C(F)F)c1ccccc1C(F)F. The molecule has 0 fully saturated rings. The molecule has 0 unspecified atom stereocenters. The molecule has 0 nitrogen and oxygen atoms in total. The molecule has 0 atom stereocenters. The molecule has 0 amide bonds. The number of rotatable bonds is 4. The number of hydrogen-bond donors (Lipinski definition) is 0. The number of benzene rings is 2. The summed E-state index contributed by atoms with van der Waals surface area (Å²) in [5, 5.41) is 0. The van der Waals surface area contributed by atoms with Crippen LogP contribution in [0.3, 0.4) is 0 Å². The minimum atomic E-state index is -2.62. The summed E-state index contributed by atoms with van der Waals surface area (Å²) in [6.45, 7) is 1.67. The molecule has 20 heavy (non-hydrogen) atoms. The summed E-state index contributed by atoms with van der Waals surface area (Å²) in [4.78, 5) is 0. The van der Waals surface area contributed by atoms with Crippen LogP contribution in [0.15, 0.2) is 48.5 Å². The van der Waals surface area contributed by atoms with E-state index >= 15 is 0 Å². The molecule has 0 aliphatic heterocycles. The Morgan fingerprint density at radius 2 is 0.900 bits per heavy atom. The van der Waals surface area contributed by atoms with Crippen LogP contribution in [0.2, 0.25) is 0 Å². The molecule has 0 bridgehead atoms. The van der Waals surface area contributed by atoms with E-state index in [1.165, 1.54) is 24.3 Å². The normalized spacial score (nSPS) is 11.6. The van der Waals surface area contributed by atoms with Crippen LogP contribution in [0.1, 0.15) is 47.9 Å². The van der Waals surface area contributed by atoms with Gasteiger partial charge in [-0.2, -0.15) is 0 Å². The van der Waals surface area contributed by atoms with E-state index in [4.69, 9.17) is 0 Å². The maximum absolute atomic E-state index is 13.0. The highest BCUT2D eigenvalue weighted by Crippen LogP contribution is 2.36. The Hall–Kier alpha value is -1.84. The molecule has 0 saturated heterocycles. The fourth-order valence-corrected chi connectivity index (χ4v) is 2.38. The second kappa shape index (κ2) is 6.07. The van der Waals surface area contributed by atoms with Crippen LogP contribution in [0, 0.1) is 0 Å². The molecule has 0 spiro atoms. The Balaban J connectivity index is 2.50. The van der Waals surface area contributed by atoms with E-state index in [-0.39, 0.29) is 11.1 Å². The molecule has 0 aliphatic rings. The standard InChI is InChI=1S/C16H14F4/c1-10(11-6-2-4-8-13(11)15(17)18)12-7-3-5-9-14(12)16(19)20/h2-10,15-16H,1H3. The van der Waals surface area contributed by atoms with Crippen molar-refractivity contribution >= 4 is 0 Å². The van der Waals surface area contributed by atoms with E-state index in [9.17, 15) is 17.6 Å². The maximum Gasteiger partial charge on any atom is 0.264 e. The van der Waals surface area contributed by atoms with Crippen LogP contribution in [-0.2, 0) is 0 Å². The molecule has 0 radical (unpaired) electrons. The minimum absolute atomic E-state index is 0.107. The van der Waals surface area contributed by atoms with Crippen molar-refractivity contribution < 1.29 is 17.6 Å². The maximum atomic E-state index is 13.0. The quantitative estimate of drug-likeness (QED) is 0.630. The van der Waals surface area contributed by atoms with Crippen LogP contribution >= 0.6 is 0 Å². The van der Waals surface area contributed by atoms with Gasteiger partial charge in [0.05, 0.1) is 0 Å². The fraction of sp³-hybridized carbons (Fsp3) is 0.250. The van der Waals surface area contributed by atoms with E-state index < -0.39 is 18.8 Å². The van der Waals surface area contributed by atoms with E-state index in [1.54, 1.807) is 31.2 Å². The minimum Gasteiger partial charge on any atom is -0.205 e. The molecule has 0 heterocycles. The summed E-state index contributed by atoms with van der Waals surface area (Å²) in [5.74, 6) is -0.509. The molecule has 0 saturated carbocycles. The van der Waals surface area contributed by atoms with Crippen molar-refractivity contribution in [1.82, 2.24) is 0 Å². The Kier molecular flexibility index (Phi) is 4.42. The lowest BCUT2D eigenvalue weighted by Crippen LogP contribution is -2.05. The lowest BCUT2D eigenvalue weighted by molar-refractivity contribution is 0.148. The topological polar surface area (TPSA) is 0 Å². The van der Waals surface area contributed by atoms with Crippen LogP contribution in [-0.4, -0.2) is 0 Å². The van der Waals surface area contributed by atoms with Gasteiger partial charge in [-0.3, -0.25) is 0 Å². The highest BCUT2D eigenvalue weighted by molar-refractivity contribution is 5.41. The highest BCUT2D eigenvalue weighted by atomic mass is 19.3. The van der Waals surface area contributed by atoms with Gasteiger partial charge in [-0.05, 0) is 11.1 Å². The smallest absolute Gasteiger partial charge is 0.205 e. The van der Waals surface area contributed by atoms with E-state index in [0.717, 1.165) is 0 Å². The van der Waals surface area contributed by atoms with Crippen molar-refractivity contribution in [3.8, 4) is 0 Å². The predicted molar refractivity (Wildman–Crippen MR) is 70.3 cm³/mol. The van der Waals surface area contributed by atoms with Crippen molar-refractivity contribution in [1.29, 1.82) is 0 Å². The molecule has 2 aromatic carbocycles. The van der Waals surface area contributed by atoms with Gasteiger partial charge < -0.3 is 0 Å². The second-order valence-corrected chi connectivity index (χ2v) is 4.58. The van der Waals surface area contributed by atoms with Crippen LogP contribution < -0.4 is 0 Å². The van der Waals surface area contributed by atoms with Crippen LogP contribution in [0.4, 0.5) is 17.6 Å². The summed E-state index contributed by atoms with van der Waals surface area (Å²) < 4.78 is 52.1. The Morgan fingerprint density at radius 3 is 1.20 bits per heavy atom. The molecule has 2 aromatic rings. The molecule has 4 heteroatoms. The van der Waals surface area contributed by atoms with Gasteiger partial charge in [-0.1, -0.05) is 55.5 Å². The number of halogens is 4. The Labute approximate surface area is 115 Å². The van der Waals surface area contributed by atoms with Gasteiger partial charge in [0.1, 0.15) is 0 Å². The van der Waals surface area contributed by atoms with E-state index in [0.29, 0.717) is 11.1 Å². The second-order valence-electron chi connectivity index (χ2n) is 4.58. The third kappa shape index (κ3) is 2.84. The van der Waals surface area contributed by atoms with Crippen molar-refractivity contribution in [3.63, 3.8) is 0 Å². The third-order valence-corrected chi connectivity index (χ3v) is 3.40. The van der Waals surface area contributed by atoms with Crippen LogP contribution in [0.25, 0.3) is 0 Å². The number of alkyl halides is 4. The predicted octanol–water partition coefficient (Wildman–Crippen LogP) is 5.71. The monoisotopic (exact) mass is 282 g/mol. The van der Waals surface area contributed by atoms with Gasteiger partial charge in [0, 0.05) is 17.0 Å². The first kappa shape index (κ1) is 14.6. The average molecular weight is 282 g/mol. The Morgan fingerprint density at radius 1 is 0.600 bits per heavy atom. The Bertz CT molecular complexity index is 527. The zero-order valence-corrected chi connectivity index (χ0v) is 10.9. The molecule has 0 aliphatic carbocycles. The van der Waals surface area contributed by atoms with Gasteiger partial charge in [0.15, 0.2) is 0 Å². The van der Waals surface area contributed by atoms with Crippen LogP contribution in [0.5, 0.6) is 0 Å². The lowest BCUT2D eigenvalue weighted by atomic mass is 9.87. The molecule has 2 rings (SSSR count). The number of hydrogen-bond acceptors (Lipinski definition) is 0. The first-order valence-corrected chi connectivity index (χ1v) is 6.26. The van der Waals surface area contributed by atoms with E-state index in [2.05, 4.69) is 0 Å². The molecule has 0 N–H and O–H groups in total. The van der Waals surface area contributed by atoms with Crippen molar-refractivity contribution in [3.05, 3.63) is 70.8 Å². The molecule has 106 valence electrons. The molecular weight excluding hydrogens is 268 g/mol. The zero-order valence-electron chi connectivity index (χ0n) is 10.9. The lowest BCUT2D eigenvalue weighted by Gasteiger charge is -2.19. The first-order chi connectivity index (χ1) is 9.52. The summed E-state index contributed by atoms with van der Waals surface area (Å²) in [6, 6.07) is 12.1. The summed E-state index contributed by atoms with van der Waals surface area (Å²) in [7, 11) is 0. The highest BCUT2D eigenvalue weighted by Gasteiger charge is 2.22. The van der Waals surface area contributed by atoms with Crippen molar-refractivity contribution in [2.45, 2.75) is 25.7 Å². The van der Waals surface area contributed by atoms with Gasteiger partial charge >= 0.3 is 0 Å². The largest absolute Gasteiger partial charge is 0.264 e. The van der Waals surface area contributed by atoms with E-state index in [1.807, 2.05) is 0 Å². The van der Waals surface area contributed by atoms with Gasteiger partial charge in [-0.15, -0.1) is 0 Å². The molecule has 0 aromatic heterocycles. The van der Waals surface area contributed by atoms with Gasteiger partial charge in [0.25, 0.3) is 12.9 Å². The fourth-order valence-electron chi connectivity index (χ4n) is 2.38. The van der Waals surface area contributed by atoms with Crippen molar-refractivity contribution in [2.75, 3.05) is 0 Å². The van der Waals surface area contributed by atoms with Crippen molar-refractivity contribution in [2.24, 2.45) is 0 Å². The molecular formula is C16H14F4. The summed E-state index contributed by atoms with van der Waals surface area (Å²) >= 11 is 0. The van der Waals surface area contributed by atoms with Gasteiger partial charge in [0.2, 0.25) is 0 Å². The zero-order chi connectivity index (χ0) is 14.7. The first-order valence-electron chi connectivity index (χ1n) is 6.26. The van der Waals surface area contributed by atoms with Gasteiger partial charge in [-0.25, -0.2) is 17.6 Å². The summed E-state index contributed by atoms with van der Waals surface area (Å²) in [5.41, 5.74) is 0.555. The summed E-state index contributed by atoms with van der Waals surface area (Å²) in [6.07, 6.45) is -5.24. The average Bonchev–Trinajstić information content (AvgIpc) is 2.46.